The second-order valence-corrected chi connectivity index (χ2v) is 12.6. The molecule has 276 valence electrons. The Morgan fingerprint density at radius 2 is 1.17 bits per heavy atom. The number of aryl methyl sites for hydroxylation is 4. The maximum atomic E-state index is 13.3. The van der Waals surface area contributed by atoms with Crippen molar-refractivity contribution < 1.29 is 28.4 Å². The third-order valence-corrected chi connectivity index (χ3v) is 7.57. The van der Waals surface area contributed by atoms with Crippen LogP contribution in [0.15, 0.2) is 89.9 Å². The molecule has 0 aliphatic rings. The van der Waals surface area contributed by atoms with Gasteiger partial charge in [0.05, 0.1) is 23.1 Å². The third kappa shape index (κ3) is 11.9. The standard InChI is InChI=1S/C18H16FN5O.C13H13BrN4O.C5H5BFNO2/c1-11-6-12(2)8-13(7-11)18-21-10-24(23-18)9-14(17(20)25)15-4-3-5-16(19)22-15;1-8-3-9(2)5-10(4-8)13-16-7-18(17-13)6-11(14)12(15)19;7-5-3-1-2-4(8-5)6(9)10/h3-10H,1-2H3,(H2,20,25);3-7H,1-2H3,(H2,15,19);1-3,9-10H/b14-9+;11-6-;. The molecule has 14 nitrogen and oxygen atoms in total. The first kappa shape index (κ1) is 40.5. The van der Waals surface area contributed by atoms with Crippen LogP contribution in [0, 0.1) is 39.6 Å². The first-order valence-corrected chi connectivity index (χ1v) is 16.7. The lowest BCUT2D eigenvalue weighted by Gasteiger charge is -2.03. The molecule has 0 unspecified atom stereocenters. The maximum Gasteiger partial charge on any atom is 0.508 e. The fraction of sp³-hybridized carbons (Fsp3) is 0.111. The molecule has 4 aromatic heterocycles. The number of hydrogen-bond acceptors (Lipinski definition) is 10. The molecule has 0 aliphatic heterocycles. The van der Waals surface area contributed by atoms with Gasteiger partial charge in [0.2, 0.25) is 11.9 Å². The zero-order chi connectivity index (χ0) is 39.5. The molecule has 0 bridgehead atoms. The number of primary amides is 2. The van der Waals surface area contributed by atoms with Gasteiger partial charge in [0, 0.05) is 17.3 Å². The van der Waals surface area contributed by atoms with Crippen LogP contribution in [-0.2, 0) is 9.59 Å². The first-order valence-electron chi connectivity index (χ1n) is 15.9. The Bertz CT molecular complexity index is 2310. The second kappa shape index (κ2) is 18.5. The lowest BCUT2D eigenvalue weighted by atomic mass is 9.86. The van der Waals surface area contributed by atoms with Gasteiger partial charge in [-0.15, -0.1) is 10.2 Å². The average molecular weight is 799 g/mol. The van der Waals surface area contributed by atoms with E-state index in [1.54, 1.807) is 0 Å². The zero-order valence-corrected chi connectivity index (χ0v) is 31.0. The van der Waals surface area contributed by atoms with E-state index in [9.17, 15) is 18.4 Å². The molecule has 6 rings (SSSR count). The van der Waals surface area contributed by atoms with E-state index in [4.69, 9.17) is 21.5 Å². The van der Waals surface area contributed by atoms with Gasteiger partial charge < -0.3 is 21.5 Å². The van der Waals surface area contributed by atoms with E-state index in [0.29, 0.717) is 11.6 Å². The van der Waals surface area contributed by atoms with Crippen molar-refractivity contribution in [3.8, 4) is 22.8 Å². The molecule has 6 aromatic rings. The molecule has 18 heteroatoms. The minimum atomic E-state index is -1.70. The number of benzene rings is 2. The van der Waals surface area contributed by atoms with Crippen molar-refractivity contribution in [3.05, 3.63) is 130 Å². The Hall–Kier alpha value is -6.24. The molecule has 0 atom stereocenters. The summed E-state index contributed by atoms with van der Waals surface area (Å²) in [7, 11) is -1.70. The summed E-state index contributed by atoms with van der Waals surface area (Å²) < 4.78 is 28.5. The normalized spacial score (nSPS) is 11.2. The number of carbonyl (C=O) groups is 2. The summed E-state index contributed by atoms with van der Waals surface area (Å²) in [6.07, 6.45) is 5.83. The van der Waals surface area contributed by atoms with Crippen LogP contribution in [0.1, 0.15) is 27.9 Å². The Morgan fingerprint density at radius 3 is 1.57 bits per heavy atom. The summed E-state index contributed by atoms with van der Waals surface area (Å²) >= 11 is 3.07. The fourth-order valence-corrected chi connectivity index (χ4v) is 5.05. The van der Waals surface area contributed by atoms with E-state index in [2.05, 4.69) is 58.2 Å². The molecule has 4 heterocycles. The minimum Gasteiger partial charge on any atom is -0.422 e. The summed E-state index contributed by atoms with van der Waals surface area (Å²) in [5, 5.41) is 25.6. The van der Waals surface area contributed by atoms with Crippen LogP contribution >= 0.6 is 15.9 Å². The highest BCUT2D eigenvalue weighted by Gasteiger charge is 2.14. The van der Waals surface area contributed by atoms with Crippen molar-refractivity contribution in [2.45, 2.75) is 27.7 Å². The van der Waals surface area contributed by atoms with Gasteiger partial charge in [-0.2, -0.15) is 8.78 Å². The van der Waals surface area contributed by atoms with Crippen molar-refractivity contribution in [2.24, 2.45) is 11.5 Å². The number of halogens is 3. The minimum absolute atomic E-state index is 0.0383. The van der Waals surface area contributed by atoms with Crippen molar-refractivity contribution in [3.63, 3.8) is 0 Å². The number of pyridine rings is 2. The zero-order valence-electron chi connectivity index (χ0n) is 29.4. The largest absolute Gasteiger partial charge is 0.508 e. The van der Waals surface area contributed by atoms with E-state index in [0.717, 1.165) is 39.4 Å². The predicted molar refractivity (Wildman–Crippen MR) is 204 cm³/mol. The summed E-state index contributed by atoms with van der Waals surface area (Å²) in [6.45, 7) is 8.04. The van der Waals surface area contributed by atoms with E-state index in [-0.39, 0.29) is 21.3 Å². The van der Waals surface area contributed by atoms with Gasteiger partial charge in [-0.3, -0.25) is 9.59 Å². The monoisotopic (exact) mass is 798 g/mol. The smallest absolute Gasteiger partial charge is 0.422 e. The van der Waals surface area contributed by atoms with Crippen LogP contribution in [0.3, 0.4) is 0 Å². The molecule has 0 saturated heterocycles. The Labute approximate surface area is 317 Å². The number of aromatic nitrogens is 8. The van der Waals surface area contributed by atoms with Gasteiger partial charge in [0.15, 0.2) is 11.6 Å². The van der Waals surface area contributed by atoms with Gasteiger partial charge in [0.1, 0.15) is 17.1 Å². The Balaban J connectivity index is 0.000000197. The quantitative estimate of drug-likeness (QED) is 0.0995. The molecule has 2 aromatic carbocycles. The van der Waals surface area contributed by atoms with E-state index in [1.165, 1.54) is 64.7 Å². The molecule has 0 radical (unpaired) electrons. The molecular weight excluding hydrogens is 765 g/mol. The first-order chi connectivity index (χ1) is 25.6. The number of hydrogen-bond donors (Lipinski definition) is 4. The van der Waals surface area contributed by atoms with E-state index < -0.39 is 30.8 Å². The van der Waals surface area contributed by atoms with Crippen molar-refractivity contribution in [2.75, 3.05) is 0 Å². The number of carbonyl (C=O) groups excluding carboxylic acids is 2. The topological polar surface area (TPSA) is 214 Å². The molecule has 2 amide bonds. The van der Waals surface area contributed by atoms with Gasteiger partial charge >= 0.3 is 7.12 Å². The number of rotatable bonds is 8. The third-order valence-electron chi connectivity index (χ3n) is 6.98. The lowest BCUT2D eigenvalue weighted by molar-refractivity contribution is -0.114. The molecule has 0 fully saturated rings. The Morgan fingerprint density at radius 1 is 0.704 bits per heavy atom. The van der Waals surface area contributed by atoms with Crippen LogP contribution < -0.4 is 17.1 Å². The van der Waals surface area contributed by atoms with Crippen LogP contribution in [0.25, 0.3) is 40.7 Å². The molecule has 0 saturated carbocycles. The van der Waals surface area contributed by atoms with Crippen LogP contribution in [-0.4, -0.2) is 68.5 Å². The molecule has 54 heavy (non-hydrogen) atoms. The van der Waals surface area contributed by atoms with Crippen LogP contribution in [0.5, 0.6) is 0 Å². The van der Waals surface area contributed by atoms with Crippen molar-refractivity contribution >= 4 is 58.4 Å². The van der Waals surface area contributed by atoms with Gasteiger partial charge in [-0.25, -0.2) is 29.3 Å². The number of nitrogens with zero attached hydrogens (tertiary/aromatic N) is 8. The lowest BCUT2D eigenvalue weighted by Crippen LogP contribution is -2.32. The van der Waals surface area contributed by atoms with E-state index >= 15 is 0 Å². The van der Waals surface area contributed by atoms with Gasteiger partial charge in [-0.05, 0) is 92.2 Å². The summed E-state index contributed by atoms with van der Waals surface area (Å²) in [4.78, 5) is 38.0. The summed E-state index contributed by atoms with van der Waals surface area (Å²) in [5.74, 6) is -1.58. The summed E-state index contributed by atoms with van der Waals surface area (Å²) in [6, 6.07) is 20.1. The number of nitrogens with two attached hydrogens (primary N) is 2. The average Bonchev–Trinajstić information content (AvgIpc) is 3.77. The number of amides is 2. The second-order valence-electron chi connectivity index (χ2n) is 11.7. The van der Waals surface area contributed by atoms with Crippen molar-refractivity contribution in [1.82, 2.24) is 39.5 Å². The van der Waals surface area contributed by atoms with Crippen molar-refractivity contribution in [1.29, 1.82) is 0 Å². The van der Waals surface area contributed by atoms with Crippen LogP contribution in [0.2, 0.25) is 0 Å². The molecule has 6 N–H and O–H groups in total. The van der Waals surface area contributed by atoms with Gasteiger partial charge in [-0.1, -0.05) is 46.5 Å². The molecule has 0 spiro atoms. The SMILES string of the molecule is Cc1cc(C)cc(-c2ncn(/C=C(/C(N)=O)c3cccc(F)n3)n2)c1.Cc1cc(C)cc(-c2ncn(/C=C(\Br)C(N)=O)n2)c1.OB(O)c1cccc(F)n1. The maximum absolute atomic E-state index is 13.3. The molecule has 0 aliphatic carbocycles. The van der Waals surface area contributed by atoms with E-state index in [1.807, 2.05) is 52.0 Å². The molecular formula is C36H34BBrF2N10O4. The predicted octanol–water partition coefficient (Wildman–Crippen LogP) is 3.72. The summed E-state index contributed by atoms with van der Waals surface area (Å²) in [5.41, 5.74) is 16.9. The highest BCUT2D eigenvalue weighted by atomic mass is 79.9. The van der Waals surface area contributed by atoms with Gasteiger partial charge in [0.25, 0.3) is 11.8 Å². The highest BCUT2D eigenvalue weighted by molar-refractivity contribution is 9.12. The fourth-order valence-electron chi connectivity index (χ4n) is 4.84. The Kier molecular flexibility index (Phi) is 13.9. The van der Waals surface area contributed by atoms with Crippen LogP contribution in [0.4, 0.5) is 8.78 Å². The highest BCUT2D eigenvalue weighted by Crippen LogP contribution is 2.20.